The quantitative estimate of drug-likeness (QED) is 0.00803. The fourth-order valence-electron chi connectivity index (χ4n) is 12.5. The minimum Gasteiger partial charge on any atom is -0.458 e. The van der Waals surface area contributed by atoms with Crippen molar-refractivity contribution in [2.75, 3.05) is 159 Å². The van der Waals surface area contributed by atoms with Crippen LogP contribution in [0.3, 0.4) is 0 Å². The molecule has 7 amide bonds. The van der Waals surface area contributed by atoms with E-state index >= 15 is 4.39 Å². The summed E-state index contributed by atoms with van der Waals surface area (Å²) in [4.78, 5) is 133. The first-order valence-electron chi connectivity index (χ1n) is 37.3. The molecule has 8 rings (SSSR count). The number of rotatable bonds is 51. The van der Waals surface area contributed by atoms with Crippen LogP contribution in [0.2, 0.25) is 0 Å². The molecule has 0 unspecified atom stereocenters. The first-order chi connectivity index (χ1) is 54.1. The van der Waals surface area contributed by atoms with E-state index in [0.717, 1.165) is 11.8 Å². The van der Waals surface area contributed by atoms with Gasteiger partial charge in [0.05, 0.1) is 165 Å². The number of cyclic esters (lactones) is 1. The largest absolute Gasteiger partial charge is 0.458 e. The van der Waals surface area contributed by atoms with E-state index < -0.39 is 125 Å². The van der Waals surface area contributed by atoms with Gasteiger partial charge < -0.3 is 99.6 Å². The first kappa shape index (κ1) is 88.2. The molecule has 9 N–H and O–H groups in total. The van der Waals surface area contributed by atoms with Crippen LogP contribution in [0.25, 0.3) is 22.3 Å². The van der Waals surface area contributed by atoms with Crippen LogP contribution in [0.4, 0.5) is 4.39 Å². The van der Waals surface area contributed by atoms with Gasteiger partial charge in [-0.05, 0) is 86.7 Å². The Kier molecular flexibility index (Phi) is 36.2. The van der Waals surface area contributed by atoms with E-state index in [1.807, 2.05) is 0 Å². The number of hydrogen-bond donors (Lipinski definition) is 9. The number of aromatic nitrogens is 4. The molecule has 2 aliphatic heterocycles. The van der Waals surface area contributed by atoms with Crippen molar-refractivity contribution in [1.29, 1.82) is 0 Å². The van der Waals surface area contributed by atoms with Crippen molar-refractivity contribution in [3.8, 4) is 23.2 Å². The second kappa shape index (κ2) is 46.0. The zero-order valence-electron chi connectivity index (χ0n) is 63.6. The number of unbranched alkanes of at least 4 members (excludes halogenated alkanes) is 2. The molecule has 0 bridgehead atoms. The summed E-state index contributed by atoms with van der Waals surface area (Å²) in [6.45, 7) is 6.88. The number of sulfone groups is 1. The molecule has 36 heteroatoms. The molecule has 3 aliphatic rings. The first-order valence-corrected chi connectivity index (χ1v) is 39.2. The van der Waals surface area contributed by atoms with Gasteiger partial charge in [-0.2, -0.15) is 0 Å². The minimum atomic E-state index is -3.56. The molecule has 0 spiro atoms. The molecule has 5 aromatic rings. The maximum absolute atomic E-state index is 15.7. The number of fused-ring (bicyclic) bond motifs is 7. The second-order valence-electron chi connectivity index (χ2n) is 26.4. The molecule has 1 aliphatic carbocycles. The molecule has 112 heavy (non-hydrogen) atoms. The molecule has 34 nitrogen and oxygen atoms in total. The van der Waals surface area contributed by atoms with E-state index in [1.54, 1.807) is 57.4 Å². The number of aryl methyl sites for hydroxylation is 1. The Morgan fingerprint density at radius 3 is 1.92 bits per heavy atom. The number of hydrogen-bond acceptors (Lipinski definition) is 26. The third kappa shape index (κ3) is 27.2. The Morgan fingerprint density at radius 1 is 0.679 bits per heavy atom. The van der Waals surface area contributed by atoms with E-state index in [4.69, 9.17) is 52.4 Å². The van der Waals surface area contributed by atoms with Gasteiger partial charge in [-0.3, -0.25) is 38.4 Å². The lowest BCUT2D eigenvalue weighted by molar-refractivity contribution is -0.172. The average Bonchev–Trinajstić information content (AvgIpc) is 1.53. The van der Waals surface area contributed by atoms with Crippen LogP contribution in [-0.2, 0) is 134 Å². The number of esters is 1. The fourth-order valence-corrected chi connectivity index (χ4v) is 13.0. The Morgan fingerprint density at radius 2 is 1.28 bits per heavy atom. The van der Waals surface area contributed by atoms with Crippen molar-refractivity contribution < 1.29 is 104 Å². The van der Waals surface area contributed by atoms with Crippen LogP contribution in [0, 0.1) is 17.7 Å². The molecule has 3 aromatic heterocycles. The normalized spacial score (nSPS) is 14.8. The lowest BCUT2D eigenvalue weighted by atomic mass is 9.86. The molecule has 0 saturated heterocycles. The summed E-state index contributed by atoms with van der Waals surface area (Å²) in [5.74, 6) is 0.0688. The number of methoxy groups -OCH3 is 1. The van der Waals surface area contributed by atoms with Gasteiger partial charge in [-0.1, -0.05) is 49.1 Å². The average molecular weight is 1590 g/mol. The minimum absolute atomic E-state index is 0.0120. The number of nitrogens with zero attached hydrogens (tertiary/aromatic N) is 4. The van der Waals surface area contributed by atoms with Crippen molar-refractivity contribution in [2.45, 2.75) is 120 Å². The molecule has 0 radical (unpaired) electrons. The maximum atomic E-state index is 15.7. The summed E-state index contributed by atoms with van der Waals surface area (Å²) in [7, 11) is -1.95. The molecule has 0 fully saturated rings. The summed E-state index contributed by atoms with van der Waals surface area (Å²) in [5.41, 5.74) is 2.20. The van der Waals surface area contributed by atoms with Gasteiger partial charge in [-0.25, -0.2) is 32.6 Å². The highest BCUT2D eigenvalue weighted by Gasteiger charge is 2.46. The van der Waals surface area contributed by atoms with E-state index in [0.29, 0.717) is 181 Å². The number of ether oxygens (including phenoxy) is 10. The molecule has 2 aromatic carbocycles. The van der Waals surface area contributed by atoms with E-state index in [1.165, 1.54) is 23.0 Å². The number of benzene rings is 2. The summed E-state index contributed by atoms with van der Waals surface area (Å²) in [6.07, 6.45) is 6.88. The van der Waals surface area contributed by atoms with Crippen molar-refractivity contribution in [3.05, 3.63) is 116 Å². The van der Waals surface area contributed by atoms with Gasteiger partial charge in [0.25, 0.3) is 5.56 Å². The fraction of sp³-hybridized carbons (Fsp3) is 0.553. The number of carbonyl (C=O) groups excluding carboxylic acids is 8. The smallest absolute Gasteiger partial charge is 0.343 e. The Labute approximate surface area is 648 Å². The Balaban J connectivity index is 0.730. The molecule has 0 saturated carbocycles. The number of aliphatic hydroxyl groups is 1. The number of amides is 7. The van der Waals surface area contributed by atoms with Gasteiger partial charge in [0.1, 0.15) is 31.8 Å². The highest BCUT2D eigenvalue weighted by molar-refractivity contribution is 7.90. The third-order valence-corrected chi connectivity index (χ3v) is 19.1. The van der Waals surface area contributed by atoms with Crippen LogP contribution in [0.15, 0.2) is 64.8 Å². The second-order valence-corrected chi connectivity index (χ2v) is 28.3. The van der Waals surface area contributed by atoms with Crippen LogP contribution >= 0.6 is 0 Å². The third-order valence-electron chi connectivity index (χ3n) is 18.2. The summed E-state index contributed by atoms with van der Waals surface area (Å²) in [5, 5.41) is 33.2. The highest BCUT2D eigenvalue weighted by Crippen LogP contribution is 2.44. The van der Waals surface area contributed by atoms with E-state index in [9.17, 15) is 56.7 Å². The van der Waals surface area contributed by atoms with E-state index in [2.05, 4.69) is 64.3 Å². The maximum Gasteiger partial charge on any atom is 0.343 e. The standard InChI is InChI=1S/C76H101FN12O22S/c1-5-76(99)57-39-62-70-55(46-89(62)73(97)56(57)47-111-74(76)98)68(69-54-18-13-17-53(54)58(77)40-60(69)88-70)50(2)86-67(94)48-110-49-85-65(92)44-82-72(96)61(38-51-14-10-8-11-15-51)87-66(93)45-81-64(91)43-80-63(90)20-19-59(78-21-12-7-6-9-16-52-41-83-75(84-42-52)112(4,100)101)71(95)79-22-23-103-26-27-105-30-31-107-34-35-109-37-36-108-33-32-106-29-28-104-25-24-102-3/h8,10-11,14-15,39-42,50,59,61,78,99H,5-7,12-13,17-38,43-49H2,1-4H3,(H,79,95)(H,80,90)(H,81,91)(H,82,96)(H,85,92)(H,86,94)(H,87,93)/t50-,59-,61-,76-/m0/s1. The molecule has 4 atom stereocenters. The summed E-state index contributed by atoms with van der Waals surface area (Å²) >= 11 is 0. The predicted molar refractivity (Wildman–Crippen MR) is 401 cm³/mol. The van der Waals surface area contributed by atoms with Gasteiger partial charge in [0.15, 0.2) is 5.60 Å². The van der Waals surface area contributed by atoms with Gasteiger partial charge in [-0.15, -0.1) is 0 Å². The van der Waals surface area contributed by atoms with Gasteiger partial charge in [0, 0.05) is 74.1 Å². The highest BCUT2D eigenvalue weighted by atomic mass is 32.2. The lowest BCUT2D eigenvalue weighted by Gasteiger charge is -2.31. The van der Waals surface area contributed by atoms with Gasteiger partial charge in [0.2, 0.25) is 56.3 Å². The zero-order chi connectivity index (χ0) is 80.3. The predicted octanol–water partition coefficient (Wildman–Crippen LogP) is 0.0837. The topological polar surface area (TPSA) is 440 Å². The van der Waals surface area contributed by atoms with Crippen molar-refractivity contribution in [2.24, 2.45) is 0 Å². The van der Waals surface area contributed by atoms with Crippen LogP contribution < -0.4 is 48.1 Å². The Bertz CT molecular complexity index is 4260. The molecule has 5 heterocycles. The number of carbonyl (C=O) groups is 8. The Hall–Kier alpha value is -9.36. The molecule has 610 valence electrons. The lowest BCUT2D eigenvalue weighted by Crippen LogP contribution is -2.52. The van der Waals surface area contributed by atoms with Crippen molar-refractivity contribution in [3.63, 3.8) is 0 Å². The SMILES string of the molecule is CC[C@@]1(O)C(=O)OCc2c1cc1n(c2=O)Cc2c-1nc1cc(F)c3c(c1c2[C@H](C)NC(=O)COCNC(=O)CNC(=O)[C@H](Cc1ccccc1)NC(=O)CNC(=O)CNC(=O)CC[C@H](NCCCCC#Cc1cnc(S(C)(=O)=O)nc1)C(=O)NCCOCCOCCOCCOCCOCCOCCOCCOC)CCC3. The van der Waals surface area contributed by atoms with E-state index in [-0.39, 0.29) is 74.9 Å². The van der Waals surface area contributed by atoms with Crippen LogP contribution in [-0.4, -0.2) is 251 Å². The number of nitrogens with one attached hydrogen (secondary N) is 8. The number of pyridine rings is 2. The summed E-state index contributed by atoms with van der Waals surface area (Å²) in [6, 6.07) is 8.77. The van der Waals surface area contributed by atoms with Gasteiger partial charge >= 0.3 is 5.97 Å². The van der Waals surface area contributed by atoms with Crippen molar-refractivity contribution in [1.82, 2.24) is 62.1 Å². The van der Waals surface area contributed by atoms with Crippen LogP contribution in [0.1, 0.15) is 109 Å². The van der Waals surface area contributed by atoms with Crippen molar-refractivity contribution >= 4 is 68.1 Å². The molecular weight excluding hydrogens is 1480 g/mol. The number of halogens is 1. The zero-order valence-corrected chi connectivity index (χ0v) is 64.4. The summed E-state index contributed by atoms with van der Waals surface area (Å²) < 4.78 is 94.7. The molecular formula is C76H101FN12O22S. The van der Waals surface area contributed by atoms with Crippen LogP contribution in [0.5, 0.6) is 0 Å². The monoisotopic (exact) mass is 1580 g/mol.